The summed E-state index contributed by atoms with van der Waals surface area (Å²) in [5.74, 6) is -0.0588. The van der Waals surface area contributed by atoms with Crippen LogP contribution >= 0.6 is 38.6 Å². The highest BCUT2D eigenvalue weighted by atomic mass is 79.9. The first-order chi connectivity index (χ1) is 7.27. The molecular weight excluding hydrogens is 296 g/mol. The molecule has 6 heteroatoms. The maximum atomic E-state index is 11.7. The molecule has 0 radical (unpaired) electrons. The zero-order chi connectivity index (χ0) is 10.7. The van der Waals surface area contributed by atoms with Crippen molar-refractivity contribution in [1.29, 1.82) is 0 Å². The van der Waals surface area contributed by atoms with Crippen molar-refractivity contribution < 1.29 is 4.79 Å². The van der Waals surface area contributed by atoms with Crippen LogP contribution in [0.4, 0.5) is 0 Å². The Balaban J connectivity index is 1.96. The molecule has 0 bridgehead atoms. The smallest absolute Gasteiger partial charge is 0.253 e. The van der Waals surface area contributed by atoms with Crippen LogP contribution in [0.3, 0.4) is 0 Å². The number of carbonyl (C=O) groups excluding carboxylic acids is 1. The van der Waals surface area contributed by atoms with E-state index in [1.807, 2.05) is 5.38 Å². The first-order valence-electron chi connectivity index (χ1n) is 4.16. The predicted octanol–water partition coefficient (Wildman–Crippen LogP) is 2.90. The van der Waals surface area contributed by atoms with E-state index in [0.29, 0.717) is 12.1 Å². The molecule has 1 amide bonds. The second kappa shape index (κ2) is 4.87. The van der Waals surface area contributed by atoms with E-state index in [2.05, 4.69) is 26.2 Å². The van der Waals surface area contributed by atoms with Gasteiger partial charge in [0, 0.05) is 11.1 Å². The summed E-state index contributed by atoms with van der Waals surface area (Å²) >= 11 is 6.37. The maximum Gasteiger partial charge on any atom is 0.253 e. The van der Waals surface area contributed by atoms with Crippen molar-refractivity contribution in [2.45, 2.75) is 6.54 Å². The molecule has 2 rings (SSSR count). The van der Waals surface area contributed by atoms with Gasteiger partial charge in [0.05, 0.1) is 21.4 Å². The third kappa shape index (κ3) is 2.64. The van der Waals surface area contributed by atoms with Gasteiger partial charge < -0.3 is 5.32 Å². The second-order valence-electron chi connectivity index (χ2n) is 2.76. The standard InChI is InChI=1S/C9H7BrN2OS2/c10-8-7(1-2-14-8)9(13)12-4-6-3-11-5-15-6/h1-3,5H,4H2,(H,12,13). The van der Waals surface area contributed by atoms with Gasteiger partial charge in [0.2, 0.25) is 0 Å². The zero-order valence-corrected chi connectivity index (χ0v) is 10.8. The summed E-state index contributed by atoms with van der Waals surface area (Å²) in [5.41, 5.74) is 2.44. The van der Waals surface area contributed by atoms with Gasteiger partial charge in [-0.3, -0.25) is 9.78 Å². The normalized spacial score (nSPS) is 10.2. The highest BCUT2D eigenvalue weighted by Gasteiger charge is 2.10. The Labute approximate surface area is 103 Å². The number of hydrogen-bond donors (Lipinski definition) is 1. The Hall–Kier alpha value is -0.720. The van der Waals surface area contributed by atoms with Crippen LogP contribution in [0.25, 0.3) is 0 Å². The van der Waals surface area contributed by atoms with E-state index in [1.54, 1.807) is 17.8 Å². The number of aromatic nitrogens is 1. The number of hydrogen-bond acceptors (Lipinski definition) is 4. The Morgan fingerprint density at radius 2 is 2.40 bits per heavy atom. The molecule has 2 aromatic rings. The van der Waals surface area contributed by atoms with Gasteiger partial charge in [0.15, 0.2) is 0 Å². The van der Waals surface area contributed by atoms with Crippen molar-refractivity contribution in [3.63, 3.8) is 0 Å². The topological polar surface area (TPSA) is 42.0 Å². The van der Waals surface area contributed by atoms with Gasteiger partial charge in [-0.25, -0.2) is 0 Å². The first kappa shape index (κ1) is 10.8. The largest absolute Gasteiger partial charge is 0.347 e. The fraction of sp³-hybridized carbons (Fsp3) is 0.111. The summed E-state index contributed by atoms with van der Waals surface area (Å²) < 4.78 is 0.865. The molecule has 0 saturated heterocycles. The van der Waals surface area contributed by atoms with E-state index in [4.69, 9.17) is 0 Å². The van der Waals surface area contributed by atoms with Crippen LogP contribution in [0.5, 0.6) is 0 Å². The van der Waals surface area contributed by atoms with Gasteiger partial charge >= 0.3 is 0 Å². The molecule has 2 heterocycles. The molecule has 0 saturated carbocycles. The molecule has 0 aromatic carbocycles. The number of nitrogens with zero attached hydrogens (tertiary/aromatic N) is 1. The van der Waals surface area contributed by atoms with Crippen molar-refractivity contribution >= 4 is 44.5 Å². The number of nitrogens with one attached hydrogen (secondary N) is 1. The van der Waals surface area contributed by atoms with Gasteiger partial charge in [-0.1, -0.05) is 0 Å². The average molecular weight is 303 g/mol. The van der Waals surface area contributed by atoms with E-state index in [-0.39, 0.29) is 5.91 Å². The zero-order valence-electron chi connectivity index (χ0n) is 7.57. The minimum absolute atomic E-state index is 0.0588. The average Bonchev–Trinajstić information content (AvgIpc) is 2.84. The molecule has 0 aliphatic carbocycles. The lowest BCUT2D eigenvalue weighted by atomic mass is 10.3. The van der Waals surface area contributed by atoms with Gasteiger partial charge in [0.1, 0.15) is 0 Å². The minimum atomic E-state index is -0.0588. The molecule has 0 atom stereocenters. The third-order valence-electron chi connectivity index (χ3n) is 1.77. The predicted molar refractivity (Wildman–Crippen MR) is 65.3 cm³/mol. The van der Waals surface area contributed by atoms with Crippen LogP contribution in [-0.2, 0) is 6.54 Å². The Bertz CT molecular complexity index is 452. The van der Waals surface area contributed by atoms with Crippen molar-refractivity contribution in [3.8, 4) is 0 Å². The van der Waals surface area contributed by atoms with Crippen LogP contribution in [0.1, 0.15) is 15.2 Å². The van der Waals surface area contributed by atoms with E-state index in [1.165, 1.54) is 22.7 Å². The highest BCUT2D eigenvalue weighted by Crippen LogP contribution is 2.23. The van der Waals surface area contributed by atoms with Crippen LogP contribution in [-0.4, -0.2) is 10.9 Å². The molecule has 0 aliphatic rings. The lowest BCUT2D eigenvalue weighted by Gasteiger charge is -2.01. The van der Waals surface area contributed by atoms with Gasteiger partial charge in [-0.05, 0) is 27.4 Å². The monoisotopic (exact) mass is 302 g/mol. The lowest BCUT2D eigenvalue weighted by Crippen LogP contribution is -2.22. The van der Waals surface area contributed by atoms with Crippen molar-refractivity contribution in [3.05, 3.63) is 37.4 Å². The molecule has 0 fully saturated rings. The Morgan fingerprint density at radius 1 is 1.53 bits per heavy atom. The van der Waals surface area contributed by atoms with Crippen molar-refractivity contribution in [2.75, 3.05) is 0 Å². The van der Waals surface area contributed by atoms with Crippen LogP contribution < -0.4 is 5.32 Å². The maximum absolute atomic E-state index is 11.7. The molecule has 3 nitrogen and oxygen atoms in total. The van der Waals surface area contributed by atoms with E-state index in [0.717, 1.165) is 8.66 Å². The van der Waals surface area contributed by atoms with Crippen LogP contribution in [0, 0.1) is 0 Å². The molecule has 15 heavy (non-hydrogen) atoms. The fourth-order valence-corrected chi connectivity index (χ4v) is 2.83. The summed E-state index contributed by atoms with van der Waals surface area (Å²) in [7, 11) is 0. The quantitative estimate of drug-likeness (QED) is 0.947. The summed E-state index contributed by atoms with van der Waals surface area (Å²) in [6.45, 7) is 0.534. The summed E-state index contributed by atoms with van der Waals surface area (Å²) in [4.78, 5) is 16.7. The Kier molecular flexibility index (Phi) is 3.50. The second-order valence-corrected chi connectivity index (χ2v) is 5.96. The molecule has 2 aromatic heterocycles. The number of amides is 1. The van der Waals surface area contributed by atoms with E-state index < -0.39 is 0 Å². The number of thiazole rings is 1. The van der Waals surface area contributed by atoms with Crippen LogP contribution in [0.15, 0.2) is 26.9 Å². The number of carbonyl (C=O) groups is 1. The number of rotatable bonds is 3. The third-order valence-corrected chi connectivity index (χ3v) is 4.24. The summed E-state index contributed by atoms with van der Waals surface area (Å²) in [6, 6.07) is 1.80. The molecule has 0 spiro atoms. The highest BCUT2D eigenvalue weighted by molar-refractivity contribution is 9.11. The van der Waals surface area contributed by atoms with Crippen molar-refractivity contribution in [2.24, 2.45) is 0 Å². The van der Waals surface area contributed by atoms with Crippen molar-refractivity contribution in [1.82, 2.24) is 10.3 Å². The van der Waals surface area contributed by atoms with Gasteiger partial charge in [0.25, 0.3) is 5.91 Å². The lowest BCUT2D eigenvalue weighted by molar-refractivity contribution is 0.0951. The van der Waals surface area contributed by atoms with Gasteiger partial charge in [-0.15, -0.1) is 22.7 Å². The SMILES string of the molecule is O=C(NCc1cncs1)c1ccsc1Br. The fourth-order valence-electron chi connectivity index (χ4n) is 1.05. The summed E-state index contributed by atoms with van der Waals surface area (Å²) in [5, 5.41) is 4.72. The van der Waals surface area contributed by atoms with E-state index in [9.17, 15) is 4.79 Å². The minimum Gasteiger partial charge on any atom is -0.347 e. The molecular formula is C9H7BrN2OS2. The van der Waals surface area contributed by atoms with E-state index >= 15 is 0 Å². The number of thiophene rings is 1. The molecule has 0 aliphatic heterocycles. The molecule has 1 N–H and O–H groups in total. The van der Waals surface area contributed by atoms with Gasteiger partial charge in [-0.2, -0.15) is 0 Å². The molecule has 0 unspecified atom stereocenters. The molecule has 78 valence electrons. The number of halogens is 1. The summed E-state index contributed by atoms with van der Waals surface area (Å²) in [6.07, 6.45) is 1.76. The first-order valence-corrected chi connectivity index (χ1v) is 6.71. The van der Waals surface area contributed by atoms with Crippen LogP contribution in [0.2, 0.25) is 0 Å². The Morgan fingerprint density at radius 3 is 3.00 bits per heavy atom.